The molecular weight excluding hydrogens is 556 g/mol. The minimum absolute atomic E-state index is 0.246. The monoisotopic (exact) mass is 576 g/mol. The van der Waals surface area contributed by atoms with Gasteiger partial charge in [-0.1, -0.05) is 29.0 Å². The number of halogens is 2. The van der Waals surface area contributed by atoms with Crippen molar-refractivity contribution in [3.63, 3.8) is 0 Å². The third-order valence-electron chi connectivity index (χ3n) is 5.47. The van der Waals surface area contributed by atoms with Gasteiger partial charge in [0.15, 0.2) is 4.80 Å². The molecule has 0 N–H and O–H groups in total. The Balaban J connectivity index is 1.96. The number of carbonyl (C=O) groups excluding carboxylic acids is 1. The molecule has 0 saturated carbocycles. The summed E-state index contributed by atoms with van der Waals surface area (Å²) in [4.78, 5) is 31.6. The van der Waals surface area contributed by atoms with E-state index in [1.54, 1.807) is 31.2 Å². The van der Waals surface area contributed by atoms with Gasteiger partial charge in [0.05, 0.1) is 41.1 Å². The van der Waals surface area contributed by atoms with Crippen molar-refractivity contribution in [2.24, 2.45) is 4.99 Å². The smallest absolute Gasteiger partial charge is 0.338 e. The van der Waals surface area contributed by atoms with E-state index < -0.39 is 12.0 Å². The Morgan fingerprint density at radius 2 is 1.97 bits per heavy atom. The van der Waals surface area contributed by atoms with Crippen LogP contribution in [0.1, 0.15) is 31.0 Å². The zero-order valence-corrected chi connectivity index (χ0v) is 22.6. The maximum Gasteiger partial charge on any atom is 0.338 e. The second-order valence-corrected chi connectivity index (χ2v) is 9.88. The molecule has 0 radical (unpaired) electrons. The summed E-state index contributed by atoms with van der Waals surface area (Å²) in [6.45, 7) is 4.18. The van der Waals surface area contributed by atoms with E-state index in [1.165, 1.54) is 30.1 Å². The van der Waals surface area contributed by atoms with Crippen LogP contribution in [0.2, 0.25) is 5.02 Å². The highest BCUT2D eigenvalue weighted by Gasteiger charge is 2.35. The van der Waals surface area contributed by atoms with Gasteiger partial charge in [0.1, 0.15) is 17.5 Å². The van der Waals surface area contributed by atoms with Gasteiger partial charge < -0.3 is 14.2 Å². The molecule has 2 heterocycles. The summed E-state index contributed by atoms with van der Waals surface area (Å²) in [6, 6.07) is 9.86. The van der Waals surface area contributed by atoms with Crippen LogP contribution in [0.15, 0.2) is 61.9 Å². The molecule has 0 saturated heterocycles. The van der Waals surface area contributed by atoms with Crippen LogP contribution >= 0.6 is 38.9 Å². The number of benzene rings is 2. The molecule has 1 aliphatic heterocycles. The van der Waals surface area contributed by atoms with Gasteiger partial charge in [0.2, 0.25) is 0 Å². The molecule has 0 amide bonds. The minimum atomic E-state index is -0.818. The summed E-state index contributed by atoms with van der Waals surface area (Å²) in [5.74, 6) is 0.626. The molecule has 4 rings (SSSR count). The van der Waals surface area contributed by atoms with E-state index in [0.29, 0.717) is 38.0 Å². The van der Waals surface area contributed by atoms with E-state index in [4.69, 9.17) is 25.8 Å². The fraction of sp³-hybridized carbons (Fsp3) is 0.240. The first-order valence-corrected chi connectivity index (χ1v) is 12.6. The van der Waals surface area contributed by atoms with Gasteiger partial charge in [0.25, 0.3) is 5.56 Å². The van der Waals surface area contributed by atoms with Crippen molar-refractivity contribution >= 4 is 50.9 Å². The average Bonchev–Trinajstić information content (AvgIpc) is 3.13. The molecule has 1 atom stereocenters. The average molecular weight is 578 g/mol. The lowest BCUT2D eigenvalue weighted by Crippen LogP contribution is -2.40. The van der Waals surface area contributed by atoms with Crippen molar-refractivity contribution in [2.45, 2.75) is 19.9 Å². The Hall–Kier alpha value is -2.88. The molecule has 0 aliphatic carbocycles. The van der Waals surface area contributed by atoms with Gasteiger partial charge >= 0.3 is 5.97 Å². The summed E-state index contributed by atoms with van der Waals surface area (Å²) in [5.41, 5.74) is 1.79. The van der Waals surface area contributed by atoms with Crippen LogP contribution in [0.25, 0.3) is 6.08 Å². The second kappa shape index (κ2) is 10.4. The summed E-state index contributed by atoms with van der Waals surface area (Å²) >= 11 is 11.1. The van der Waals surface area contributed by atoms with Crippen molar-refractivity contribution in [3.05, 3.63) is 88.0 Å². The minimum Gasteiger partial charge on any atom is -0.496 e. The van der Waals surface area contributed by atoms with Crippen LogP contribution in [0, 0.1) is 0 Å². The van der Waals surface area contributed by atoms with E-state index in [9.17, 15) is 9.59 Å². The van der Waals surface area contributed by atoms with Crippen LogP contribution in [0.5, 0.6) is 11.5 Å². The van der Waals surface area contributed by atoms with Gasteiger partial charge in [-0.2, -0.15) is 0 Å². The van der Waals surface area contributed by atoms with Gasteiger partial charge in [-0.05, 0) is 71.7 Å². The second-order valence-electron chi connectivity index (χ2n) is 7.58. The standard InChI is InChI=1S/C25H22BrClN2O5S/c1-5-34-19-8-6-14(10-17(19)26)11-20-23(30)29-22(16-12-15(27)7-9-18(16)32-3)21(24(31)33-4)13(2)28-25(29)35-20/h6-12,22H,5H2,1-4H3/b20-11-/t22-/m0/s1. The number of fused-ring (bicyclic) bond motifs is 1. The van der Waals surface area contributed by atoms with Crippen LogP contribution in [-0.4, -0.2) is 31.4 Å². The molecule has 1 aliphatic rings. The van der Waals surface area contributed by atoms with E-state index in [2.05, 4.69) is 20.9 Å². The lowest BCUT2D eigenvalue weighted by Gasteiger charge is -2.25. The Bertz CT molecular complexity index is 1530. The lowest BCUT2D eigenvalue weighted by atomic mass is 9.95. The summed E-state index contributed by atoms with van der Waals surface area (Å²) in [7, 11) is 2.82. The lowest BCUT2D eigenvalue weighted by molar-refractivity contribution is -0.136. The third kappa shape index (κ3) is 4.80. The molecule has 7 nitrogen and oxygen atoms in total. The number of carbonyl (C=O) groups is 1. The van der Waals surface area contributed by atoms with Crippen molar-refractivity contribution < 1.29 is 19.0 Å². The summed E-state index contributed by atoms with van der Waals surface area (Å²) in [6.07, 6.45) is 1.79. The zero-order chi connectivity index (χ0) is 25.3. The first kappa shape index (κ1) is 25.2. The molecule has 2 aromatic carbocycles. The maximum absolute atomic E-state index is 13.7. The highest BCUT2D eigenvalue weighted by molar-refractivity contribution is 9.10. The fourth-order valence-corrected chi connectivity index (χ4v) is 5.67. The number of methoxy groups -OCH3 is 2. The van der Waals surface area contributed by atoms with Crippen molar-refractivity contribution in [3.8, 4) is 11.5 Å². The predicted octanol–water partition coefficient (Wildman–Crippen LogP) is 4.23. The van der Waals surface area contributed by atoms with Gasteiger partial charge in [-0.25, -0.2) is 9.79 Å². The molecule has 35 heavy (non-hydrogen) atoms. The van der Waals surface area contributed by atoms with Crippen LogP contribution < -0.4 is 24.4 Å². The number of ether oxygens (including phenoxy) is 3. The quantitative estimate of drug-likeness (QED) is 0.410. The highest BCUT2D eigenvalue weighted by atomic mass is 79.9. The number of rotatable bonds is 6. The summed E-state index contributed by atoms with van der Waals surface area (Å²) < 4.78 is 18.9. The topological polar surface area (TPSA) is 79.1 Å². The van der Waals surface area contributed by atoms with Crippen LogP contribution in [0.4, 0.5) is 0 Å². The van der Waals surface area contributed by atoms with E-state index in [0.717, 1.165) is 15.8 Å². The molecular formula is C25H22BrClN2O5S. The van der Waals surface area contributed by atoms with Crippen molar-refractivity contribution in [2.75, 3.05) is 20.8 Å². The Morgan fingerprint density at radius 1 is 1.23 bits per heavy atom. The SMILES string of the molecule is CCOc1ccc(/C=c2\sc3n(c2=O)[C@@H](c2cc(Cl)ccc2OC)C(C(=O)OC)=C(C)N=3)cc1Br. The number of aromatic nitrogens is 1. The van der Waals surface area contributed by atoms with Gasteiger partial charge in [0, 0.05) is 10.6 Å². The van der Waals surface area contributed by atoms with E-state index in [-0.39, 0.29) is 11.1 Å². The van der Waals surface area contributed by atoms with Gasteiger partial charge in [-0.3, -0.25) is 9.36 Å². The Kier molecular flexibility index (Phi) is 7.49. The molecule has 0 fully saturated rings. The molecule has 1 aromatic heterocycles. The molecule has 182 valence electrons. The number of allylic oxidation sites excluding steroid dienone is 1. The molecule has 10 heteroatoms. The zero-order valence-electron chi connectivity index (χ0n) is 19.4. The third-order valence-corrected chi connectivity index (χ3v) is 7.30. The number of hydrogen-bond donors (Lipinski definition) is 0. The number of nitrogens with zero attached hydrogens (tertiary/aromatic N) is 2. The normalized spacial score (nSPS) is 15.5. The number of hydrogen-bond acceptors (Lipinski definition) is 7. The Labute approximate surface area is 219 Å². The van der Waals surface area contributed by atoms with E-state index >= 15 is 0 Å². The van der Waals surface area contributed by atoms with Crippen molar-refractivity contribution in [1.29, 1.82) is 0 Å². The number of esters is 1. The van der Waals surface area contributed by atoms with Gasteiger partial charge in [-0.15, -0.1) is 0 Å². The maximum atomic E-state index is 13.7. The first-order chi connectivity index (χ1) is 16.8. The molecule has 0 bridgehead atoms. The largest absolute Gasteiger partial charge is 0.496 e. The molecule has 3 aromatic rings. The fourth-order valence-electron chi connectivity index (χ4n) is 3.94. The molecule has 0 spiro atoms. The predicted molar refractivity (Wildman–Crippen MR) is 139 cm³/mol. The first-order valence-electron chi connectivity index (χ1n) is 10.7. The highest BCUT2D eigenvalue weighted by Crippen LogP contribution is 2.37. The van der Waals surface area contributed by atoms with E-state index in [1.807, 2.05) is 25.1 Å². The molecule has 0 unspecified atom stereocenters. The Morgan fingerprint density at radius 3 is 2.63 bits per heavy atom. The summed E-state index contributed by atoms with van der Waals surface area (Å²) in [5, 5.41) is 0.445. The number of thiazole rings is 1. The van der Waals surface area contributed by atoms with Crippen molar-refractivity contribution in [1.82, 2.24) is 4.57 Å². The van der Waals surface area contributed by atoms with Crippen LogP contribution in [0.3, 0.4) is 0 Å². The van der Waals surface area contributed by atoms with Crippen LogP contribution in [-0.2, 0) is 9.53 Å².